The molecule has 3 N–H and O–H groups in total. The number of Topliss-reactive ketones (excluding diaryl/α,β-unsaturated/α-hetero) is 1. The molecule has 3 nitrogen and oxygen atoms in total. The van der Waals surface area contributed by atoms with Crippen molar-refractivity contribution in [1.82, 2.24) is 0 Å². The molecule has 2 aromatic rings. The first-order chi connectivity index (χ1) is 8.15. The SMILES string of the molecule is CC(=O)c1ccc(Nc2ccc(N)cc2)cc1. The van der Waals surface area contributed by atoms with Crippen molar-refractivity contribution in [2.45, 2.75) is 6.92 Å². The number of nitrogens with two attached hydrogens (primary N) is 1. The lowest BCUT2D eigenvalue weighted by Crippen LogP contribution is -1.94. The molecule has 0 aliphatic heterocycles. The molecule has 0 aliphatic rings. The second kappa shape index (κ2) is 4.70. The molecule has 0 spiro atoms. The van der Waals surface area contributed by atoms with Crippen molar-refractivity contribution in [1.29, 1.82) is 0 Å². The second-order valence-electron chi connectivity index (χ2n) is 3.88. The van der Waals surface area contributed by atoms with Gasteiger partial charge in [0.2, 0.25) is 0 Å². The van der Waals surface area contributed by atoms with Crippen molar-refractivity contribution in [3.63, 3.8) is 0 Å². The molecule has 3 heteroatoms. The number of nitrogens with one attached hydrogen (secondary N) is 1. The van der Waals surface area contributed by atoms with E-state index in [4.69, 9.17) is 5.73 Å². The van der Waals surface area contributed by atoms with E-state index in [0.717, 1.165) is 17.1 Å². The fourth-order valence-corrected chi connectivity index (χ4v) is 1.52. The minimum atomic E-state index is 0.0732. The Kier molecular flexibility index (Phi) is 3.10. The number of ketones is 1. The molecular formula is C14H14N2O. The predicted octanol–water partition coefficient (Wildman–Crippen LogP) is 3.22. The van der Waals surface area contributed by atoms with E-state index in [1.165, 1.54) is 0 Å². The van der Waals surface area contributed by atoms with E-state index in [9.17, 15) is 4.79 Å². The lowest BCUT2D eigenvalue weighted by Gasteiger charge is -2.07. The van der Waals surface area contributed by atoms with Crippen LogP contribution in [0.15, 0.2) is 48.5 Å². The summed E-state index contributed by atoms with van der Waals surface area (Å²) in [6.45, 7) is 1.56. The molecule has 0 saturated heterocycles. The van der Waals surface area contributed by atoms with Crippen LogP contribution in [0.1, 0.15) is 17.3 Å². The van der Waals surface area contributed by atoms with Crippen LogP contribution >= 0.6 is 0 Å². The van der Waals surface area contributed by atoms with Gasteiger partial charge in [0, 0.05) is 22.6 Å². The molecule has 0 unspecified atom stereocenters. The summed E-state index contributed by atoms with van der Waals surface area (Å²) in [4.78, 5) is 11.1. The first kappa shape index (κ1) is 11.2. The Bertz CT molecular complexity index is 515. The van der Waals surface area contributed by atoms with Crippen LogP contribution in [-0.2, 0) is 0 Å². The average Bonchev–Trinajstić information content (AvgIpc) is 2.33. The van der Waals surface area contributed by atoms with Gasteiger partial charge in [0.15, 0.2) is 5.78 Å². The minimum absolute atomic E-state index is 0.0732. The van der Waals surface area contributed by atoms with Crippen LogP contribution in [0.4, 0.5) is 17.1 Å². The smallest absolute Gasteiger partial charge is 0.159 e. The minimum Gasteiger partial charge on any atom is -0.399 e. The number of hydrogen-bond acceptors (Lipinski definition) is 3. The number of benzene rings is 2. The second-order valence-corrected chi connectivity index (χ2v) is 3.88. The van der Waals surface area contributed by atoms with Gasteiger partial charge in [-0.15, -0.1) is 0 Å². The molecule has 2 rings (SSSR count). The zero-order valence-electron chi connectivity index (χ0n) is 9.60. The van der Waals surface area contributed by atoms with Gasteiger partial charge in [-0.05, 0) is 55.5 Å². The highest BCUT2D eigenvalue weighted by molar-refractivity contribution is 5.94. The zero-order valence-corrected chi connectivity index (χ0v) is 9.60. The van der Waals surface area contributed by atoms with Crippen molar-refractivity contribution in [2.24, 2.45) is 0 Å². The molecule has 0 saturated carbocycles. The third-order valence-corrected chi connectivity index (χ3v) is 2.49. The van der Waals surface area contributed by atoms with E-state index >= 15 is 0 Å². The lowest BCUT2D eigenvalue weighted by atomic mass is 10.1. The number of anilines is 3. The third kappa shape index (κ3) is 2.84. The summed E-state index contributed by atoms with van der Waals surface area (Å²) < 4.78 is 0. The summed E-state index contributed by atoms with van der Waals surface area (Å²) in [5.74, 6) is 0.0732. The number of carbonyl (C=O) groups is 1. The topological polar surface area (TPSA) is 55.1 Å². The fraction of sp³-hybridized carbons (Fsp3) is 0.0714. The summed E-state index contributed by atoms with van der Waals surface area (Å²) >= 11 is 0. The van der Waals surface area contributed by atoms with Crippen LogP contribution in [0.25, 0.3) is 0 Å². The van der Waals surface area contributed by atoms with E-state index in [1.54, 1.807) is 6.92 Å². The molecule has 0 aromatic heterocycles. The van der Waals surface area contributed by atoms with Crippen molar-refractivity contribution in [3.05, 3.63) is 54.1 Å². The maximum absolute atomic E-state index is 11.1. The number of carbonyl (C=O) groups excluding carboxylic acids is 1. The maximum Gasteiger partial charge on any atom is 0.159 e. The Balaban J connectivity index is 2.13. The standard InChI is InChI=1S/C14H14N2O/c1-10(17)11-2-6-13(7-3-11)16-14-8-4-12(15)5-9-14/h2-9,16H,15H2,1H3. The number of nitrogen functional groups attached to an aromatic ring is 1. The largest absolute Gasteiger partial charge is 0.399 e. The Morgan fingerprint density at radius 2 is 1.41 bits per heavy atom. The Labute approximate surface area is 100 Å². The van der Waals surface area contributed by atoms with E-state index < -0.39 is 0 Å². The third-order valence-electron chi connectivity index (χ3n) is 2.49. The van der Waals surface area contributed by atoms with Gasteiger partial charge in [0.1, 0.15) is 0 Å². The van der Waals surface area contributed by atoms with E-state index in [-0.39, 0.29) is 5.78 Å². The van der Waals surface area contributed by atoms with Crippen LogP contribution in [0, 0.1) is 0 Å². The van der Waals surface area contributed by atoms with Gasteiger partial charge >= 0.3 is 0 Å². The molecule has 0 atom stereocenters. The normalized spacial score (nSPS) is 9.94. The van der Waals surface area contributed by atoms with E-state index in [1.807, 2.05) is 48.5 Å². The van der Waals surface area contributed by atoms with Crippen molar-refractivity contribution in [2.75, 3.05) is 11.1 Å². The van der Waals surface area contributed by atoms with Crippen molar-refractivity contribution >= 4 is 22.8 Å². The lowest BCUT2D eigenvalue weighted by molar-refractivity contribution is 0.101. The average molecular weight is 226 g/mol. The van der Waals surface area contributed by atoms with Gasteiger partial charge in [-0.2, -0.15) is 0 Å². The number of rotatable bonds is 3. The predicted molar refractivity (Wildman–Crippen MR) is 70.6 cm³/mol. The zero-order chi connectivity index (χ0) is 12.3. The van der Waals surface area contributed by atoms with Crippen LogP contribution in [0.3, 0.4) is 0 Å². The molecule has 0 fully saturated rings. The van der Waals surface area contributed by atoms with E-state index in [2.05, 4.69) is 5.32 Å². The summed E-state index contributed by atoms with van der Waals surface area (Å²) in [6.07, 6.45) is 0. The quantitative estimate of drug-likeness (QED) is 0.624. The van der Waals surface area contributed by atoms with Crippen molar-refractivity contribution in [3.8, 4) is 0 Å². The molecule has 0 aliphatic carbocycles. The monoisotopic (exact) mass is 226 g/mol. The van der Waals surface area contributed by atoms with Gasteiger partial charge in [-0.1, -0.05) is 0 Å². The van der Waals surface area contributed by atoms with Crippen LogP contribution in [-0.4, -0.2) is 5.78 Å². The van der Waals surface area contributed by atoms with Gasteiger partial charge in [0.25, 0.3) is 0 Å². The van der Waals surface area contributed by atoms with Crippen LogP contribution < -0.4 is 11.1 Å². The molecule has 0 amide bonds. The Hall–Kier alpha value is -2.29. The van der Waals surface area contributed by atoms with Gasteiger partial charge in [-0.25, -0.2) is 0 Å². The highest BCUT2D eigenvalue weighted by Gasteiger charge is 1.99. The summed E-state index contributed by atoms with van der Waals surface area (Å²) in [6, 6.07) is 14.9. The van der Waals surface area contributed by atoms with Crippen LogP contribution in [0.5, 0.6) is 0 Å². The van der Waals surface area contributed by atoms with Gasteiger partial charge in [0.05, 0.1) is 0 Å². The Morgan fingerprint density at radius 3 is 1.88 bits per heavy atom. The maximum atomic E-state index is 11.1. The molecule has 86 valence electrons. The van der Waals surface area contributed by atoms with Crippen molar-refractivity contribution < 1.29 is 4.79 Å². The highest BCUT2D eigenvalue weighted by atomic mass is 16.1. The van der Waals surface area contributed by atoms with Gasteiger partial charge < -0.3 is 11.1 Å². The highest BCUT2D eigenvalue weighted by Crippen LogP contribution is 2.18. The summed E-state index contributed by atoms with van der Waals surface area (Å²) in [5, 5.41) is 3.23. The van der Waals surface area contributed by atoms with Crippen LogP contribution in [0.2, 0.25) is 0 Å². The molecule has 0 radical (unpaired) electrons. The molecule has 17 heavy (non-hydrogen) atoms. The van der Waals surface area contributed by atoms with E-state index in [0.29, 0.717) is 5.56 Å². The number of hydrogen-bond donors (Lipinski definition) is 2. The summed E-state index contributed by atoms with van der Waals surface area (Å²) in [5.41, 5.74) is 8.97. The molecule has 0 bridgehead atoms. The molecule has 0 heterocycles. The fourth-order valence-electron chi connectivity index (χ4n) is 1.52. The Morgan fingerprint density at radius 1 is 0.941 bits per heavy atom. The first-order valence-corrected chi connectivity index (χ1v) is 5.39. The summed E-state index contributed by atoms with van der Waals surface area (Å²) in [7, 11) is 0. The molecule has 2 aromatic carbocycles. The first-order valence-electron chi connectivity index (χ1n) is 5.39. The van der Waals surface area contributed by atoms with Gasteiger partial charge in [-0.3, -0.25) is 4.79 Å². The molecular weight excluding hydrogens is 212 g/mol.